The van der Waals surface area contributed by atoms with Crippen LogP contribution in [0.25, 0.3) is 0 Å². The van der Waals surface area contributed by atoms with Crippen LogP contribution in [0.5, 0.6) is 0 Å². The highest BCUT2D eigenvalue weighted by molar-refractivity contribution is 7.89. The second-order valence-corrected chi connectivity index (χ2v) is 5.72. The molecule has 90 valence electrons. The van der Waals surface area contributed by atoms with Crippen LogP contribution in [0.15, 0.2) is 23.1 Å². The van der Waals surface area contributed by atoms with E-state index in [1.165, 1.54) is 25.1 Å². The molecule has 2 N–H and O–H groups in total. The molecule has 0 aliphatic heterocycles. The van der Waals surface area contributed by atoms with Crippen LogP contribution in [0, 0.1) is 0 Å². The fourth-order valence-electron chi connectivity index (χ4n) is 1.06. The number of sulfonamides is 1. The van der Waals surface area contributed by atoms with E-state index in [4.69, 9.17) is 28.3 Å². The lowest BCUT2D eigenvalue weighted by Crippen LogP contribution is -2.35. The molecule has 16 heavy (non-hydrogen) atoms. The van der Waals surface area contributed by atoms with Gasteiger partial charge in [-0.2, -0.15) is 0 Å². The van der Waals surface area contributed by atoms with E-state index in [-0.39, 0.29) is 21.5 Å². The maximum Gasteiger partial charge on any atom is 0.242 e. The van der Waals surface area contributed by atoms with Crippen molar-refractivity contribution < 1.29 is 13.5 Å². The Morgan fingerprint density at radius 1 is 1.44 bits per heavy atom. The van der Waals surface area contributed by atoms with Crippen molar-refractivity contribution in [3.63, 3.8) is 0 Å². The molecular formula is C9H11Cl2NO3S. The van der Waals surface area contributed by atoms with Gasteiger partial charge in [-0.25, -0.2) is 13.1 Å². The first-order chi connectivity index (χ1) is 7.38. The summed E-state index contributed by atoms with van der Waals surface area (Å²) < 4.78 is 25.9. The molecule has 7 heteroatoms. The fraction of sp³-hybridized carbons (Fsp3) is 0.333. The Hall–Kier alpha value is -0.330. The Bertz CT molecular complexity index is 476. The minimum Gasteiger partial charge on any atom is -0.395 e. The molecule has 0 radical (unpaired) electrons. The van der Waals surface area contributed by atoms with Gasteiger partial charge in [-0.1, -0.05) is 29.3 Å². The summed E-state index contributed by atoms with van der Waals surface area (Å²) in [6.45, 7) is 1.24. The minimum absolute atomic E-state index is 0.0261. The van der Waals surface area contributed by atoms with Crippen molar-refractivity contribution in [1.29, 1.82) is 0 Å². The summed E-state index contributed by atoms with van der Waals surface area (Å²) in [5.41, 5.74) is 0. The zero-order valence-electron chi connectivity index (χ0n) is 8.44. The van der Waals surface area contributed by atoms with Gasteiger partial charge in [-0.05, 0) is 19.1 Å². The summed E-state index contributed by atoms with van der Waals surface area (Å²) in [4.78, 5) is -0.0954. The maximum absolute atomic E-state index is 11.8. The number of aliphatic hydroxyl groups is 1. The smallest absolute Gasteiger partial charge is 0.242 e. The molecule has 0 amide bonds. The Morgan fingerprint density at radius 3 is 2.62 bits per heavy atom. The van der Waals surface area contributed by atoms with Crippen molar-refractivity contribution in [3.8, 4) is 0 Å². The van der Waals surface area contributed by atoms with Gasteiger partial charge in [0.15, 0.2) is 0 Å². The van der Waals surface area contributed by atoms with Crippen molar-refractivity contribution >= 4 is 33.2 Å². The number of nitrogens with one attached hydrogen (secondary N) is 1. The van der Waals surface area contributed by atoms with Gasteiger partial charge in [0.1, 0.15) is 4.90 Å². The lowest BCUT2D eigenvalue weighted by Gasteiger charge is -2.12. The van der Waals surface area contributed by atoms with E-state index >= 15 is 0 Å². The molecule has 1 atom stereocenters. The molecule has 0 heterocycles. The predicted molar refractivity (Wildman–Crippen MR) is 63.3 cm³/mol. The van der Waals surface area contributed by atoms with Gasteiger partial charge >= 0.3 is 0 Å². The minimum atomic E-state index is -3.75. The quantitative estimate of drug-likeness (QED) is 0.883. The van der Waals surface area contributed by atoms with Gasteiger partial charge in [0.25, 0.3) is 0 Å². The molecule has 1 aromatic rings. The standard InChI is InChI=1S/C9H11Cl2NO3S/c1-6(5-13)12-16(14,15)8-4-2-3-7(10)9(8)11/h2-4,6,12-13H,5H2,1H3. The zero-order chi connectivity index (χ0) is 12.3. The lowest BCUT2D eigenvalue weighted by molar-refractivity contribution is 0.265. The highest BCUT2D eigenvalue weighted by atomic mass is 35.5. The van der Waals surface area contributed by atoms with Gasteiger partial charge in [0.05, 0.1) is 16.7 Å². The lowest BCUT2D eigenvalue weighted by atomic mass is 10.4. The van der Waals surface area contributed by atoms with E-state index < -0.39 is 16.1 Å². The number of hydrogen-bond acceptors (Lipinski definition) is 3. The Morgan fingerprint density at radius 2 is 2.06 bits per heavy atom. The van der Waals surface area contributed by atoms with Gasteiger partial charge < -0.3 is 5.11 Å². The van der Waals surface area contributed by atoms with Crippen LogP contribution >= 0.6 is 23.2 Å². The summed E-state index contributed by atoms with van der Waals surface area (Å²) in [6, 6.07) is 3.76. The Kier molecular flexibility index (Phi) is 4.58. The topological polar surface area (TPSA) is 66.4 Å². The average Bonchev–Trinajstić information content (AvgIpc) is 2.21. The van der Waals surface area contributed by atoms with Gasteiger partial charge in [0, 0.05) is 6.04 Å². The van der Waals surface area contributed by atoms with Crippen LogP contribution in [0.3, 0.4) is 0 Å². The molecular weight excluding hydrogens is 273 g/mol. The monoisotopic (exact) mass is 283 g/mol. The predicted octanol–water partition coefficient (Wildman–Crippen LogP) is 1.65. The number of halogens is 2. The summed E-state index contributed by atoms with van der Waals surface area (Å²) in [5, 5.41) is 8.92. The van der Waals surface area contributed by atoms with Crippen molar-refractivity contribution in [3.05, 3.63) is 28.2 Å². The van der Waals surface area contributed by atoms with Crippen LogP contribution in [-0.2, 0) is 10.0 Å². The van der Waals surface area contributed by atoms with Crippen LogP contribution in [0.2, 0.25) is 10.0 Å². The first-order valence-corrected chi connectivity index (χ1v) is 6.69. The molecule has 0 saturated heterocycles. The van der Waals surface area contributed by atoms with Gasteiger partial charge in [-0.3, -0.25) is 0 Å². The van der Waals surface area contributed by atoms with Crippen molar-refractivity contribution in [2.45, 2.75) is 17.9 Å². The van der Waals surface area contributed by atoms with E-state index in [1.54, 1.807) is 0 Å². The zero-order valence-corrected chi connectivity index (χ0v) is 10.8. The van der Waals surface area contributed by atoms with E-state index in [1.807, 2.05) is 0 Å². The fourth-order valence-corrected chi connectivity index (χ4v) is 3.05. The summed E-state index contributed by atoms with van der Waals surface area (Å²) in [7, 11) is -3.75. The molecule has 4 nitrogen and oxygen atoms in total. The number of rotatable bonds is 4. The van der Waals surface area contributed by atoms with Crippen molar-refractivity contribution in [1.82, 2.24) is 4.72 Å². The van der Waals surface area contributed by atoms with E-state index in [0.29, 0.717) is 0 Å². The molecule has 0 spiro atoms. The summed E-state index contributed by atoms with van der Waals surface area (Å²) in [6.07, 6.45) is 0. The molecule has 0 bridgehead atoms. The van der Waals surface area contributed by atoms with Crippen LogP contribution in [-0.4, -0.2) is 26.2 Å². The molecule has 0 aliphatic carbocycles. The second-order valence-electron chi connectivity index (χ2n) is 3.26. The van der Waals surface area contributed by atoms with E-state index in [0.717, 1.165) is 0 Å². The normalized spacial score (nSPS) is 13.8. The maximum atomic E-state index is 11.8. The third kappa shape index (κ3) is 3.09. The summed E-state index contributed by atoms with van der Waals surface area (Å²) >= 11 is 11.5. The third-order valence-electron chi connectivity index (χ3n) is 1.84. The molecule has 1 unspecified atom stereocenters. The van der Waals surface area contributed by atoms with E-state index in [9.17, 15) is 8.42 Å². The van der Waals surface area contributed by atoms with Crippen LogP contribution in [0.4, 0.5) is 0 Å². The molecule has 0 aliphatic rings. The van der Waals surface area contributed by atoms with Gasteiger partial charge in [-0.15, -0.1) is 0 Å². The molecule has 0 fully saturated rings. The second kappa shape index (κ2) is 5.33. The first-order valence-electron chi connectivity index (χ1n) is 4.45. The Labute approximate surface area is 104 Å². The van der Waals surface area contributed by atoms with Crippen LogP contribution in [0.1, 0.15) is 6.92 Å². The van der Waals surface area contributed by atoms with Crippen LogP contribution < -0.4 is 4.72 Å². The third-order valence-corrected chi connectivity index (χ3v) is 4.40. The highest BCUT2D eigenvalue weighted by Crippen LogP contribution is 2.28. The molecule has 0 aromatic heterocycles. The van der Waals surface area contributed by atoms with Crippen molar-refractivity contribution in [2.75, 3.05) is 6.61 Å². The molecule has 1 rings (SSSR count). The summed E-state index contributed by atoms with van der Waals surface area (Å²) in [5.74, 6) is 0. The Balaban J connectivity index is 3.13. The van der Waals surface area contributed by atoms with Gasteiger partial charge in [0.2, 0.25) is 10.0 Å². The highest BCUT2D eigenvalue weighted by Gasteiger charge is 2.21. The van der Waals surface area contributed by atoms with Crippen molar-refractivity contribution in [2.24, 2.45) is 0 Å². The average molecular weight is 284 g/mol. The molecule has 0 saturated carbocycles. The largest absolute Gasteiger partial charge is 0.395 e. The first kappa shape index (κ1) is 13.7. The molecule has 1 aromatic carbocycles. The number of hydrogen-bond donors (Lipinski definition) is 2. The number of aliphatic hydroxyl groups excluding tert-OH is 1. The SMILES string of the molecule is CC(CO)NS(=O)(=O)c1cccc(Cl)c1Cl. The van der Waals surface area contributed by atoms with E-state index in [2.05, 4.69) is 4.72 Å². The number of benzene rings is 1.